The first-order chi connectivity index (χ1) is 7.65. The number of aliphatic hydroxyl groups excluding tert-OH is 1. The second kappa shape index (κ2) is 3.86. The van der Waals surface area contributed by atoms with Crippen molar-refractivity contribution in [3.8, 4) is 0 Å². The van der Waals surface area contributed by atoms with Gasteiger partial charge in [-0.2, -0.15) is 0 Å². The number of benzene rings is 1. The summed E-state index contributed by atoms with van der Waals surface area (Å²) in [5.41, 5.74) is 0.608. The van der Waals surface area contributed by atoms with Crippen molar-refractivity contribution >= 4 is 17.6 Å². The second-order valence-corrected chi connectivity index (χ2v) is 3.44. The molecule has 0 aromatic heterocycles. The van der Waals surface area contributed by atoms with Gasteiger partial charge >= 0.3 is 0 Å². The van der Waals surface area contributed by atoms with Gasteiger partial charge in [-0.1, -0.05) is 12.1 Å². The van der Waals surface area contributed by atoms with Gasteiger partial charge in [0.1, 0.15) is 6.61 Å². The number of imide groups is 1. The number of carbonyl (C=O) groups excluding carboxylic acids is 3. The van der Waals surface area contributed by atoms with Crippen LogP contribution < -0.4 is 0 Å². The first kappa shape index (κ1) is 10.5. The molecule has 0 saturated carbocycles. The second-order valence-electron chi connectivity index (χ2n) is 3.44. The van der Waals surface area contributed by atoms with Gasteiger partial charge in [0.25, 0.3) is 11.8 Å². The van der Waals surface area contributed by atoms with Gasteiger partial charge in [-0.25, -0.2) is 0 Å². The SMILES string of the molecule is O=C(CO)CN1C(=O)c2ccccc2C1=O. The van der Waals surface area contributed by atoms with Gasteiger partial charge in [-0.15, -0.1) is 0 Å². The molecule has 1 N–H and O–H groups in total. The molecule has 1 aromatic carbocycles. The van der Waals surface area contributed by atoms with E-state index in [2.05, 4.69) is 0 Å². The molecule has 5 heteroatoms. The van der Waals surface area contributed by atoms with Crippen LogP contribution in [0.4, 0.5) is 0 Å². The normalized spacial score (nSPS) is 14.2. The molecule has 0 spiro atoms. The number of hydrogen-bond donors (Lipinski definition) is 1. The number of ketones is 1. The topological polar surface area (TPSA) is 74.7 Å². The monoisotopic (exact) mass is 219 g/mol. The van der Waals surface area contributed by atoms with E-state index < -0.39 is 24.2 Å². The first-order valence-corrected chi connectivity index (χ1v) is 4.73. The van der Waals surface area contributed by atoms with Crippen LogP contribution in [-0.4, -0.2) is 40.8 Å². The molecule has 1 heterocycles. The number of amides is 2. The van der Waals surface area contributed by atoms with Crippen molar-refractivity contribution in [3.63, 3.8) is 0 Å². The Morgan fingerprint density at radius 3 is 2.06 bits per heavy atom. The van der Waals surface area contributed by atoms with E-state index in [9.17, 15) is 14.4 Å². The van der Waals surface area contributed by atoms with Gasteiger partial charge in [-0.05, 0) is 12.1 Å². The third-order valence-electron chi connectivity index (χ3n) is 2.39. The molecule has 0 aliphatic carbocycles. The molecule has 82 valence electrons. The summed E-state index contributed by atoms with van der Waals surface area (Å²) in [5.74, 6) is -1.53. The Hall–Kier alpha value is -2.01. The Kier molecular flexibility index (Phi) is 2.54. The van der Waals surface area contributed by atoms with Gasteiger partial charge in [0.2, 0.25) is 0 Å². The Bertz CT molecular complexity index is 446. The summed E-state index contributed by atoms with van der Waals surface area (Å²) in [6, 6.07) is 6.39. The molecule has 1 aliphatic rings. The summed E-state index contributed by atoms with van der Waals surface area (Å²) in [6.45, 7) is -1.05. The highest BCUT2D eigenvalue weighted by Gasteiger charge is 2.35. The third-order valence-corrected chi connectivity index (χ3v) is 2.39. The lowest BCUT2D eigenvalue weighted by Gasteiger charge is -2.11. The Balaban J connectivity index is 2.32. The fourth-order valence-electron chi connectivity index (χ4n) is 1.61. The summed E-state index contributed by atoms with van der Waals surface area (Å²) in [4.78, 5) is 35.3. The maximum atomic E-state index is 11.7. The van der Waals surface area contributed by atoms with E-state index >= 15 is 0 Å². The molecule has 1 aromatic rings. The van der Waals surface area contributed by atoms with Crippen LogP contribution in [0.3, 0.4) is 0 Å². The molecule has 16 heavy (non-hydrogen) atoms. The van der Waals surface area contributed by atoms with Crippen molar-refractivity contribution in [2.24, 2.45) is 0 Å². The summed E-state index contributed by atoms with van der Waals surface area (Å²) >= 11 is 0. The van der Waals surface area contributed by atoms with E-state index in [-0.39, 0.29) is 6.54 Å². The van der Waals surface area contributed by atoms with Crippen LogP contribution in [0.5, 0.6) is 0 Å². The summed E-state index contributed by atoms with van der Waals surface area (Å²) in [5, 5.41) is 8.59. The van der Waals surface area contributed by atoms with E-state index in [1.807, 2.05) is 0 Å². The van der Waals surface area contributed by atoms with Crippen LogP contribution in [0, 0.1) is 0 Å². The van der Waals surface area contributed by atoms with Crippen molar-refractivity contribution in [2.45, 2.75) is 0 Å². The van der Waals surface area contributed by atoms with Gasteiger partial charge in [0, 0.05) is 0 Å². The molecule has 2 rings (SSSR count). The molecular weight excluding hydrogens is 210 g/mol. The maximum absolute atomic E-state index is 11.7. The van der Waals surface area contributed by atoms with Crippen molar-refractivity contribution in [3.05, 3.63) is 35.4 Å². The van der Waals surface area contributed by atoms with Crippen molar-refractivity contribution in [1.29, 1.82) is 0 Å². The highest BCUT2D eigenvalue weighted by molar-refractivity contribution is 6.22. The molecule has 0 radical (unpaired) electrons. The number of hydrogen-bond acceptors (Lipinski definition) is 4. The van der Waals surface area contributed by atoms with Crippen molar-refractivity contribution in [2.75, 3.05) is 13.2 Å². The average molecular weight is 219 g/mol. The van der Waals surface area contributed by atoms with Crippen LogP contribution in [0.15, 0.2) is 24.3 Å². The van der Waals surface area contributed by atoms with Gasteiger partial charge in [0.15, 0.2) is 5.78 Å². The number of Topliss-reactive ketones (excluding diaryl/α,β-unsaturated/α-hetero) is 1. The summed E-state index contributed by atoms with van der Waals surface area (Å²) < 4.78 is 0. The molecule has 2 amide bonds. The number of rotatable bonds is 3. The van der Waals surface area contributed by atoms with Gasteiger partial charge in [-0.3, -0.25) is 19.3 Å². The molecule has 0 fully saturated rings. The van der Waals surface area contributed by atoms with E-state index in [0.717, 1.165) is 4.90 Å². The van der Waals surface area contributed by atoms with Crippen LogP contribution in [0.2, 0.25) is 0 Å². The summed E-state index contributed by atoms with van der Waals surface area (Å²) in [7, 11) is 0. The number of nitrogens with zero attached hydrogens (tertiary/aromatic N) is 1. The first-order valence-electron chi connectivity index (χ1n) is 4.73. The zero-order valence-electron chi connectivity index (χ0n) is 8.34. The van der Waals surface area contributed by atoms with E-state index in [1.54, 1.807) is 24.3 Å². The number of fused-ring (bicyclic) bond motifs is 1. The van der Waals surface area contributed by atoms with E-state index in [4.69, 9.17) is 5.11 Å². The third kappa shape index (κ3) is 1.51. The predicted molar refractivity (Wildman–Crippen MR) is 53.9 cm³/mol. The molecule has 0 bridgehead atoms. The van der Waals surface area contributed by atoms with Crippen LogP contribution in [-0.2, 0) is 4.79 Å². The highest BCUT2D eigenvalue weighted by atomic mass is 16.3. The van der Waals surface area contributed by atoms with Gasteiger partial charge < -0.3 is 5.11 Å². The quantitative estimate of drug-likeness (QED) is 0.717. The lowest BCUT2D eigenvalue weighted by Crippen LogP contribution is -2.35. The minimum atomic E-state index is -0.673. The summed E-state index contributed by atoms with van der Waals surface area (Å²) in [6.07, 6.45) is 0. The molecule has 1 aliphatic heterocycles. The molecule has 0 atom stereocenters. The van der Waals surface area contributed by atoms with Crippen LogP contribution in [0.1, 0.15) is 20.7 Å². The van der Waals surface area contributed by atoms with Crippen molar-refractivity contribution in [1.82, 2.24) is 4.90 Å². The average Bonchev–Trinajstić information content (AvgIpc) is 2.55. The lowest BCUT2D eigenvalue weighted by atomic mass is 10.1. The standard InChI is InChI=1S/C11H9NO4/c13-6-7(14)5-12-10(15)8-3-1-2-4-9(8)11(12)16/h1-4,13H,5-6H2. The zero-order chi connectivity index (χ0) is 11.7. The van der Waals surface area contributed by atoms with E-state index in [0.29, 0.717) is 11.1 Å². The fraction of sp³-hybridized carbons (Fsp3) is 0.182. The smallest absolute Gasteiger partial charge is 0.261 e. The van der Waals surface area contributed by atoms with Crippen LogP contribution in [0.25, 0.3) is 0 Å². The lowest BCUT2D eigenvalue weighted by molar-refractivity contribution is -0.122. The molecular formula is C11H9NO4. The Morgan fingerprint density at radius 2 is 1.62 bits per heavy atom. The molecule has 5 nitrogen and oxygen atoms in total. The predicted octanol–water partition coefficient (Wildman–Crippen LogP) is -0.156. The zero-order valence-corrected chi connectivity index (χ0v) is 8.34. The van der Waals surface area contributed by atoms with Crippen molar-refractivity contribution < 1.29 is 19.5 Å². The largest absolute Gasteiger partial charge is 0.389 e. The number of aliphatic hydroxyl groups is 1. The molecule has 0 saturated heterocycles. The number of carbonyl (C=O) groups is 3. The maximum Gasteiger partial charge on any atom is 0.261 e. The highest BCUT2D eigenvalue weighted by Crippen LogP contribution is 2.21. The Morgan fingerprint density at radius 1 is 1.12 bits per heavy atom. The minimum Gasteiger partial charge on any atom is -0.389 e. The minimum absolute atomic E-state index is 0.304. The van der Waals surface area contributed by atoms with Crippen LogP contribution >= 0.6 is 0 Å². The van der Waals surface area contributed by atoms with Gasteiger partial charge in [0.05, 0.1) is 17.7 Å². The Labute approximate surface area is 91.3 Å². The van der Waals surface area contributed by atoms with E-state index in [1.165, 1.54) is 0 Å². The fourth-order valence-corrected chi connectivity index (χ4v) is 1.61. The molecule has 0 unspecified atom stereocenters.